The van der Waals surface area contributed by atoms with Crippen LogP contribution in [0.3, 0.4) is 0 Å². The maximum Gasteiger partial charge on any atom is 0.410 e. The van der Waals surface area contributed by atoms with E-state index in [0.29, 0.717) is 12.0 Å². The van der Waals surface area contributed by atoms with E-state index in [0.717, 1.165) is 56.9 Å². The predicted molar refractivity (Wildman–Crippen MR) is 113 cm³/mol. The van der Waals surface area contributed by atoms with Gasteiger partial charge in [0, 0.05) is 50.1 Å². The van der Waals surface area contributed by atoms with Crippen LogP contribution in [-0.2, 0) is 15.9 Å². The number of halogens is 1. The van der Waals surface area contributed by atoms with Gasteiger partial charge in [-0.1, -0.05) is 17.7 Å². The number of ether oxygens (including phenoxy) is 2. The fraction of sp³-hybridized carbons (Fsp3) is 0.682. The van der Waals surface area contributed by atoms with Crippen LogP contribution in [0.4, 0.5) is 10.5 Å². The molecule has 1 saturated heterocycles. The number of likely N-dealkylation sites (tertiary alicyclic amines) is 1. The van der Waals surface area contributed by atoms with E-state index in [1.165, 1.54) is 11.3 Å². The maximum atomic E-state index is 12.6. The van der Waals surface area contributed by atoms with E-state index in [1.807, 2.05) is 31.7 Å². The third-order valence-electron chi connectivity index (χ3n) is 5.59. The lowest BCUT2D eigenvalue weighted by Crippen LogP contribution is -2.49. The number of piperidine rings is 1. The van der Waals surface area contributed by atoms with E-state index < -0.39 is 5.60 Å². The molecule has 2 unspecified atom stereocenters. The van der Waals surface area contributed by atoms with E-state index in [2.05, 4.69) is 17.0 Å². The van der Waals surface area contributed by atoms with Crippen LogP contribution >= 0.6 is 11.6 Å². The minimum absolute atomic E-state index is 0.193. The summed E-state index contributed by atoms with van der Waals surface area (Å²) in [5.74, 6) is 0.426. The van der Waals surface area contributed by atoms with Crippen molar-refractivity contribution in [2.24, 2.45) is 5.92 Å². The SMILES string of the molecule is COCCCN1c2cc(Cl)ccc2CC1C1CCCN(C(=O)OC(C)(C)C)C1. The van der Waals surface area contributed by atoms with E-state index in [-0.39, 0.29) is 6.09 Å². The standard InChI is InChI=1S/C22H33ClN2O3/c1-22(2,3)28-21(26)24-10-5-7-17(15-24)19-13-16-8-9-18(23)14-20(16)25(19)11-6-12-27-4/h8-9,14,17,19H,5-7,10-13,15H2,1-4H3. The molecule has 3 rings (SSSR count). The van der Waals surface area contributed by atoms with Gasteiger partial charge in [-0.25, -0.2) is 4.79 Å². The predicted octanol–water partition coefficient (Wildman–Crippen LogP) is 4.75. The molecule has 1 fully saturated rings. The number of amides is 1. The van der Waals surface area contributed by atoms with Crippen molar-refractivity contribution in [3.63, 3.8) is 0 Å². The van der Waals surface area contributed by atoms with Gasteiger partial charge in [-0.2, -0.15) is 0 Å². The summed E-state index contributed by atoms with van der Waals surface area (Å²) in [5.41, 5.74) is 2.13. The molecule has 1 aromatic rings. The summed E-state index contributed by atoms with van der Waals surface area (Å²) in [6.07, 6.45) is 3.94. The second-order valence-electron chi connectivity index (χ2n) is 8.91. The molecule has 0 N–H and O–H groups in total. The molecule has 0 spiro atoms. The van der Waals surface area contributed by atoms with E-state index >= 15 is 0 Å². The van der Waals surface area contributed by atoms with Crippen LogP contribution in [0.5, 0.6) is 0 Å². The first-order valence-electron chi connectivity index (χ1n) is 10.3. The van der Waals surface area contributed by atoms with Gasteiger partial charge in [0.15, 0.2) is 0 Å². The fourth-order valence-corrected chi connectivity index (χ4v) is 4.56. The molecule has 0 bridgehead atoms. The van der Waals surface area contributed by atoms with Crippen LogP contribution in [0.2, 0.25) is 5.02 Å². The quantitative estimate of drug-likeness (QED) is 0.659. The minimum Gasteiger partial charge on any atom is -0.444 e. The molecule has 156 valence electrons. The second kappa shape index (κ2) is 8.91. The molecule has 6 heteroatoms. The zero-order valence-electron chi connectivity index (χ0n) is 17.5. The summed E-state index contributed by atoms with van der Waals surface area (Å²) in [4.78, 5) is 17.0. The van der Waals surface area contributed by atoms with Gasteiger partial charge in [0.2, 0.25) is 0 Å². The number of rotatable bonds is 5. The molecule has 1 aromatic carbocycles. The summed E-state index contributed by atoms with van der Waals surface area (Å²) in [7, 11) is 1.74. The number of nitrogens with zero attached hydrogens (tertiary/aromatic N) is 2. The van der Waals surface area contributed by atoms with Gasteiger partial charge in [0.1, 0.15) is 5.60 Å². The highest BCUT2D eigenvalue weighted by Crippen LogP contribution is 2.39. The molecule has 1 amide bonds. The summed E-state index contributed by atoms with van der Waals surface area (Å²) < 4.78 is 10.9. The molecule has 5 nitrogen and oxygen atoms in total. The number of hydrogen-bond acceptors (Lipinski definition) is 4. The maximum absolute atomic E-state index is 12.6. The van der Waals surface area contributed by atoms with Crippen molar-refractivity contribution >= 4 is 23.4 Å². The second-order valence-corrected chi connectivity index (χ2v) is 9.35. The first-order valence-corrected chi connectivity index (χ1v) is 10.7. The summed E-state index contributed by atoms with van der Waals surface area (Å²) >= 11 is 6.29. The van der Waals surface area contributed by atoms with Gasteiger partial charge in [-0.05, 0) is 70.1 Å². The smallest absolute Gasteiger partial charge is 0.410 e. The topological polar surface area (TPSA) is 42.0 Å². The van der Waals surface area contributed by atoms with Gasteiger partial charge in [-0.15, -0.1) is 0 Å². The largest absolute Gasteiger partial charge is 0.444 e. The Morgan fingerprint density at radius 1 is 1.32 bits per heavy atom. The zero-order valence-corrected chi connectivity index (χ0v) is 18.3. The Morgan fingerprint density at radius 2 is 2.11 bits per heavy atom. The van der Waals surface area contributed by atoms with Crippen LogP contribution < -0.4 is 4.90 Å². The first-order chi connectivity index (χ1) is 13.3. The van der Waals surface area contributed by atoms with Gasteiger partial charge in [0.25, 0.3) is 0 Å². The van der Waals surface area contributed by atoms with Crippen LogP contribution in [0.25, 0.3) is 0 Å². The number of benzene rings is 1. The summed E-state index contributed by atoms with van der Waals surface area (Å²) in [6.45, 7) is 8.97. The number of carbonyl (C=O) groups is 1. The van der Waals surface area contributed by atoms with Crippen molar-refractivity contribution in [1.82, 2.24) is 4.90 Å². The minimum atomic E-state index is -0.462. The lowest BCUT2D eigenvalue weighted by molar-refractivity contribution is 0.0152. The molecule has 0 aromatic heterocycles. The van der Waals surface area contributed by atoms with E-state index in [1.54, 1.807) is 7.11 Å². The molecule has 28 heavy (non-hydrogen) atoms. The van der Waals surface area contributed by atoms with Crippen LogP contribution in [0.15, 0.2) is 18.2 Å². The first kappa shape index (κ1) is 21.3. The van der Waals surface area contributed by atoms with Gasteiger partial charge >= 0.3 is 6.09 Å². The molecule has 2 atom stereocenters. The average Bonchev–Trinajstić information content (AvgIpc) is 2.99. The normalized spacial score (nSPS) is 22.3. The Hall–Kier alpha value is -1.46. The lowest BCUT2D eigenvalue weighted by Gasteiger charge is -2.40. The number of hydrogen-bond donors (Lipinski definition) is 0. The van der Waals surface area contributed by atoms with Crippen molar-refractivity contribution in [2.75, 3.05) is 38.3 Å². The van der Waals surface area contributed by atoms with Crippen molar-refractivity contribution in [2.45, 2.75) is 58.1 Å². The van der Waals surface area contributed by atoms with Crippen molar-refractivity contribution in [1.29, 1.82) is 0 Å². The highest BCUT2D eigenvalue weighted by molar-refractivity contribution is 6.30. The Balaban J connectivity index is 1.74. The highest BCUT2D eigenvalue weighted by Gasteiger charge is 2.38. The molecular weight excluding hydrogens is 376 g/mol. The third-order valence-corrected chi connectivity index (χ3v) is 5.82. The van der Waals surface area contributed by atoms with E-state index in [4.69, 9.17) is 21.1 Å². The van der Waals surface area contributed by atoms with Gasteiger partial charge in [0.05, 0.1) is 0 Å². The van der Waals surface area contributed by atoms with Crippen LogP contribution in [0, 0.1) is 5.92 Å². The van der Waals surface area contributed by atoms with E-state index in [9.17, 15) is 4.79 Å². The fourth-order valence-electron chi connectivity index (χ4n) is 4.39. The lowest BCUT2D eigenvalue weighted by atomic mass is 9.88. The zero-order chi connectivity index (χ0) is 20.3. The molecule has 2 heterocycles. The molecule has 2 aliphatic rings. The Kier molecular flexibility index (Phi) is 6.77. The number of methoxy groups -OCH3 is 1. The third kappa shape index (κ3) is 5.12. The number of anilines is 1. The van der Waals surface area contributed by atoms with Crippen LogP contribution in [-0.4, -0.2) is 56.0 Å². The number of fused-ring (bicyclic) bond motifs is 1. The monoisotopic (exact) mass is 408 g/mol. The summed E-state index contributed by atoms with van der Waals surface area (Å²) in [6, 6.07) is 6.59. The molecule has 0 saturated carbocycles. The van der Waals surface area contributed by atoms with Gasteiger partial charge < -0.3 is 19.3 Å². The Bertz CT molecular complexity index is 689. The molecular formula is C22H33ClN2O3. The van der Waals surface area contributed by atoms with Crippen molar-refractivity contribution < 1.29 is 14.3 Å². The molecule has 2 aliphatic heterocycles. The van der Waals surface area contributed by atoms with Gasteiger partial charge in [-0.3, -0.25) is 0 Å². The molecule has 0 radical (unpaired) electrons. The Morgan fingerprint density at radius 3 is 2.82 bits per heavy atom. The summed E-state index contributed by atoms with van der Waals surface area (Å²) in [5, 5.41) is 0.773. The average molecular weight is 409 g/mol. The number of carbonyl (C=O) groups excluding carboxylic acids is 1. The van der Waals surface area contributed by atoms with Crippen molar-refractivity contribution in [3.05, 3.63) is 28.8 Å². The van der Waals surface area contributed by atoms with Crippen molar-refractivity contribution in [3.8, 4) is 0 Å². The highest BCUT2D eigenvalue weighted by atomic mass is 35.5. The van der Waals surface area contributed by atoms with Crippen LogP contribution in [0.1, 0.15) is 45.6 Å². The molecule has 0 aliphatic carbocycles. The Labute approximate surface area is 173 Å².